The monoisotopic (exact) mass is 411 g/mol. The molecule has 1 aliphatic heterocycles. The number of halogens is 1. The third-order valence-corrected chi connectivity index (χ3v) is 5.25. The molecule has 3 heterocycles. The third kappa shape index (κ3) is 4.56. The molecule has 0 saturated carbocycles. The van der Waals surface area contributed by atoms with Gasteiger partial charge in [0, 0.05) is 49.4 Å². The molecule has 0 spiro atoms. The zero-order valence-corrected chi connectivity index (χ0v) is 17.0. The van der Waals surface area contributed by atoms with Crippen LogP contribution >= 0.6 is 11.6 Å². The van der Waals surface area contributed by atoms with Crippen molar-refractivity contribution >= 4 is 23.3 Å². The lowest BCUT2D eigenvalue weighted by Gasteiger charge is -2.35. The van der Waals surface area contributed by atoms with Gasteiger partial charge in [-0.3, -0.25) is 4.79 Å². The Kier molecular flexibility index (Phi) is 5.76. The quantitative estimate of drug-likeness (QED) is 0.641. The van der Waals surface area contributed by atoms with E-state index in [1.54, 1.807) is 6.20 Å². The summed E-state index contributed by atoms with van der Waals surface area (Å²) in [5.41, 5.74) is 1.81. The van der Waals surface area contributed by atoms with Crippen molar-refractivity contribution in [3.8, 4) is 11.4 Å². The van der Waals surface area contributed by atoms with E-state index in [0.29, 0.717) is 42.7 Å². The van der Waals surface area contributed by atoms with E-state index in [-0.39, 0.29) is 5.91 Å². The van der Waals surface area contributed by atoms with Crippen molar-refractivity contribution in [3.63, 3.8) is 0 Å². The molecule has 8 heteroatoms. The van der Waals surface area contributed by atoms with Gasteiger partial charge in [0.25, 0.3) is 0 Å². The van der Waals surface area contributed by atoms with E-state index >= 15 is 0 Å². The number of carbonyl (C=O) groups excluding carboxylic acids is 1. The maximum Gasteiger partial charge on any atom is 0.227 e. The summed E-state index contributed by atoms with van der Waals surface area (Å²) in [7, 11) is 0. The number of aromatic nitrogens is 3. The van der Waals surface area contributed by atoms with Gasteiger partial charge in [0.15, 0.2) is 0 Å². The number of aryl methyl sites for hydroxylation is 1. The molecule has 3 aromatic rings. The molecule has 1 saturated heterocycles. The normalized spacial score (nSPS) is 14.3. The Morgan fingerprint density at radius 2 is 1.86 bits per heavy atom. The molecule has 0 unspecified atom stereocenters. The molecule has 1 aromatic carbocycles. The maximum absolute atomic E-state index is 12.6. The van der Waals surface area contributed by atoms with Crippen molar-refractivity contribution in [2.45, 2.75) is 19.8 Å². The van der Waals surface area contributed by atoms with Crippen molar-refractivity contribution in [2.75, 3.05) is 31.1 Å². The zero-order valence-electron chi connectivity index (χ0n) is 16.2. The number of benzene rings is 1. The number of nitrogens with zero attached hydrogens (tertiary/aromatic N) is 5. The molecule has 1 amide bonds. The smallest absolute Gasteiger partial charge is 0.227 e. The summed E-state index contributed by atoms with van der Waals surface area (Å²) in [5.74, 6) is 2.19. The minimum Gasteiger partial charge on any atom is -0.353 e. The van der Waals surface area contributed by atoms with Gasteiger partial charge in [0.2, 0.25) is 17.6 Å². The van der Waals surface area contributed by atoms with Gasteiger partial charge in [-0.15, -0.1) is 0 Å². The first kappa shape index (κ1) is 19.4. The summed E-state index contributed by atoms with van der Waals surface area (Å²) in [6, 6.07) is 11.3. The predicted octanol–water partition coefficient (Wildman–Crippen LogP) is 3.24. The summed E-state index contributed by atoms with van der Waals surface area (Å²) in [5, 5.41) is 4.66. The fraction of sp³-hybridized carbons (Fsp3) is 0.333. The van der Waals surface area contributed by atoms with Crippen molar-refractivity contribution in [1.82, 2.24) is 20.0 Å². The highest BCUT2D eigenvalue weighted by atomic mass is 35.5. The Hall–Kier alpha value is -2.93. The molecule has 4 rings (SSSR count). The Morgan fingerprint density at radius 3 is 2.48 bits per heavy atom. The summed E-state index contributed by atoms with van der Waals surface area (Å²) in [4.78, 5) is 25.5. The van der Waals surface area contributed by atoms with Crippen LogP contribution in [0.1, 0.15) is 18.4 Å². The lowest BCUT2D eigenvalue weighted by atomic mass is 10.1. The Labute approximate surface area is 174 Å². The molecule has 0 aliphatic carbocycles. The Bertz CT molecular complexity index is 963. The predicted molar refractivity (Wildman–Crippen MR) is 111 cm³/mol. The largest absolute Gasteiger partial charge is 0.353 e. The summed E-state index contributed by atoms with van der Waals surface area (Å²) in [6.45, 7) is 4.83. The third-order valence-electron chi connectivity index (χ3n) is 5.00. The molecular weight excluding hydrogens is 390 g/mol. The summed E-state index contributed by atoms with van der Waals surface area (Å²) >= 11 is 5.91. The van der Waals surface area contributed by atoms with E-state index in [4.69, 9.17) is 16.1 Å². The van der Waals surface area contributed by atoms with Crippen LogP contribution < -0.4 is 4.90 Å². The molecule has 1 fully saturated rings. The number of pyridine rings is 1. The van der Waals surface area contributed by atoms with Gasteiger partial charge < -0.3 is 14.3 Å². The van der Waals surface area contributed by atoms with Crippen LogP contribution in [0, 0.1) is 0 Å². The number of anilines is 1. The molecule has 150 valence electrons. The molecule has 2 aromatic heterocycles. The second-order valence-corrected chi connectivity index (χ2v) is 7.38. The highest BCUT2D eigenvalue weighted by Gasteiger charge is 2.22. The van der Waals surface area contributed by atoms with Gasteiger partial charge >= 0.3 is 0 Å². The molecule has 1 aliphatic rings. The van der Waals surface area contributed by atoms with Crippen LogP contribution in [0.25, 0.3) is 11.4 Å². The zero-order chi connectivity index (χ0) is 20.2. The van der Waals surface area contributed by atoms with Gasteiger partial charge in [0.05, 0.1) is 6.42 Å². The number of hydrogen-bond donors (Lipinski definition) is 0. The van der Waals surface area contributed by atoms with Crippen molar-refractivity contribution < 1.29 is 9.32 Å². The molecule has 0 atom stereocenters. The number of hydrogen-bond acceptors (Lipinski definition) is 6. The van der Waals surface area contributed by atoms with Crippen molar-refractivity contribution in [3.05, 3.63) is 59.1 Å². The van der Waals surface area contributed by atoms with Crippen LogP contribution in [0.2, 0.25) is 5.02 Å². The molecule has 29 heavy (non-hydrogen) atoms. The van der Waals surface area contributed by atoms with Crippen LogP contribution in [0.4, 0.5) is 5.82 Å². The number of amides is 1. The fourth-order valence-corrected chi connectivity index (χ4v) is 3.42. The van der Waals surface area contributed by atoms with Crippen molar-refractivity contribution in [1.29, 1.82) is 0 Å². The standard InChI is InChI=1S/C21H22ClN5O2/c1-2-19-24-21(25-29-19)16-5-8-18(23-14-16)26-9-11-27(12-10-26)20(28)13-15-3-6-17(22)7-4-15/h3-8,14H,2,9-13H2,1H3. The second-order valence-electron chi connectivity index (χ2n) is 6.94. The number of piperazine rings is 1. The van der Waals surface area contributed by atoms with Crippen LogP contribution in [0.5, 0.6) is 0 Å². The van der Waals surface area contributed by atoms with E-state index in [2.05, 4.69) is 20.0 Å². The summed E-state index contributed by atoms with van der Waals surface area (Å²) < 4.78 is 5.15. The van der Waals surface area contributed by atoms with E-state index in [1.165, 1.54) is 0 Å². The average Bonchev–Trinajstić information content (AvgIpc) is 3.25. The lowest BCUT2D eigenvalue weighted by Crippen LogP contribution is -2.49. The van der Waals surface area contributed by atoms with Crippen LogP contribution in [-0.2, 0) is 17.6 Å². The van der Waals surface area contributed by atoms with E-state index < -0.39 is 0 Å². The number of carbonyl (C=O) groups is 1. The van der Waals surface area contributed by atoms with Gasteiger partial charge in [-0.2, -0.15) is 4.98 Å². The lowest BCUT2D eigenvalue weighted by molar-refractivity contribution is -0.130. The average molecular weight is 412 g/mol. The van der Waals surface area contributed by atoms with Gasteiger partial charge in [-0.1, -0.05) is 35.8 Å². The second kappa shape index (κ2) is 8.61. The molecule has 0 N–H and O–H groups in total. The Balaban J connectivity index is 1.33. The highest BCUT2D eigenvalue weighted by Crippen LogP contribution is 2.20. The molecular formula is C21H22ClN5O2. The topological polar surface area (TPSA) is 75.4 Å². The van der Waals surface area contributed by atoms with Crippen LogP contribution in [0.3, 0.4) is 0 Å². The highest BCUT2D eigenvalue weighted by molar-refractivity contribution is 6.30. The first-order valence-electron chi connectivity index (χ1n) is 9.68. The van der Waals surface area contributed by atoms with Crippen molar-refractivity contribution in [2.24, 2.45) is 0 Å². The Morgan fingerprint density at radius 1 is 1.10 bits per heavy atom. The van der Waals surface area contributed by atoms with E-state index in [1.807, 2.05) is 48.2 Å². The minimum absolute atomic E-state index is 0.138. The van der Waals surface area contributed by atoms with Crippen LogP contribution in [0.15, 0.2) is 47.1 Å². The van der Waals surface area contributed by atoms with Crippen LogP contribution in [-0.4, -0.2) is 52.1 Å². The first-order chi connectivity index (χ1) is 14.1. The van der Waals surface area contributed by atoms with E-state index in [0.717, 1.165) is 30.0 Å². The number of rotatable bonds is 5. The molecule has 0 radical (unpaired) electrons. The van der Waals surface area contributed by atoms with E-state index in [9.17, 15) is 4.79 Å². The SMILES string of the molecule is CCc1nc(-c2ccc(N3CCN(C(=O)Cc4ccc(Cl)cc4)CC3)nc2)no1. The fourth-order valence-electron chi connectivity index (χ4n) is 3.29. The first-order valence-corrected chi connectivity index (χ1v) is 10.1. The van der Waals surface area contributed by atoms with Gasteiger partial charge in [-0.05, 0) is 29.8 Å². The van der Waals surface area contributed by atoms with Gasteiger partial charge in [-0.25, -0.2) is 4.98 Å². The van der Waals surface area contributed by atoms with Gasteiger partial charge in [0.1, 0.15) is 5.82 Å². The molecule has 0 bridgehead atoms. The summed E-state index contributed by atoms with van der Waals surface area (Å²) in [6.07, 6.45) is 2.87. The maximum atomic E-state index is 12.6. The minimum atomic E-state index is 0.138. The molecule has 7 nitrogen and oxygen atoms in total.